The zero-order valence-corrected chi connectivity index (χ0v) is 16.7. The third kappa shape index (κ3) is 4.05. The molecule has 6 nitrogen and oxygen atoms in total. The van der Waals surface area contributed by atoms with Gasteiger partial charge in [-0.1, -0.05) is 18.2 Å². The fourth-order valence-corrected chi connectivity index (χ4v) is 3.30. The molecule has 3 rings (SSSR count). The zero-order valence-electron chi connectivity index (χ0n) is 14.6. The van der Waals surface area contributed by atoms with Crippen LogP contribution in [0.3, 0.4) is 0 Å². The summed E-state index contributed by atoms with van der Waals surface area (Å²) in [6.45, 7) is 0.0544. The van der Waals surface area contributed by atoms with Gasteiger partial charge in [-0.2, -0.15) is 0 Å². The summed E-state index contributed by atoms with van der Waals surface area (Å²) in [5, 5.41) is 2.51. The number of hydrogen-bond donors (Lipinski definition) is 1. The second-order valence-electron chi connectivity index (χ2n) is 5.77. The van der Waals surface area contributed by atoms with E-state index in [0.717, 1.165) is 8.47 Å². The van der Waals surface area contributed by atoms with Crippen LogP contribution in [0.15, 0.2) is 42.1 Å². The summed E-state index contributed by atoms with van der Waals surface area (Å²) in [6.07, 6.45) is 1.56. The van der Waals surface area contributed by atoms with Crippen molar-refractivity contribution >= 4 is 40.6 Å². The Morgan fingerprint density at radius 3 is 2.63 bits per heavy atom. The molecule has 0 spiro atoms. The SMILES string of the molecule is COc1cc(/C=C2/NC(=O)N(C)C2=O)cc(I)c1OCc1ccccc1F. The van der Waals surface area contributed by atoms with Crippen LogP contribution in [0.25, 0.3) is 6.08 Å². The standard InChI is InChI=1S/C19H16FIN2O4/c1-23-18(24)15(22-19(23)25)8-11-7-14(21)17(16(9-11)26-2)27-10-12-5-3-4-6-13(12)20/h3-9H,10H2,1-2H3,(H,22,25)/b15-8+. The molecular formula is C19H16FIN2O4. The van der Waals surface area contributed by atoms with Crippen molar-refractivity contribution in [1.82, 2.24) is 10.2 Å². The van der Waals surface area contributed by atoms with Gasteiger partial charge in [-0.15, -0.1) is 0 Å². The molecule has 0 unspecified atom stereocenters. The van der Waals surface area contributed by atoms with Crippen molar-refractivity contribution in [3.63, 3.8) is 0 Å². The summed E-state index contributed by atoms with van der Waals surface area (Å²) in [6, 6.07) is 9.37. The molecule has 1 aliphatic heterocycles. The Morgan fingerprint density at radius 2 is 2.00 bits per heavy atom. The Bertz CT molecular complexity index is 945. The molecule has 140 valence electrons. The molecule has 0 saturated carbocycles. The van der Waals surface area contributed by atoms with Crippen LogP contribution in [0.1, 0.15) is 11.1 Å². The van der Waals surface area contributed by atoms with Crippen molar-refractivity contribution in [3.8, 4) is 11.5 Å². The molecule has 27 heavy (non-hydrogen) atoms. The van der Waals surface area contributed by atoms with Gasteiger partial charge in [-0.25, -0.2) is 9.18 Å². The summed E-state index contributed by atoms with van der Waals surface area (Å²) in [7, 11) is 2.90. The van der Waals surface area contributed by atoms with E-state index in [-0.39, 0.29) is 18.1 Å². The predicted molar refractivity (Wildman–Crippen MR) is 106 cm³/mol. The van der Waals surface area contributed by atoms with Gasteiger partial charge in [0.15, 0.2) is 11.5 Å². The molecule has 1 saturated heterocycles. The molecule has 1 aliphatic rings. The third-order valence-electron chi connectivity index (χ3n) is 3.97. The molecule has 3 amide bonds. The molecular weight excluding hydrogens is 466 g/mol. The Morgan fingerprint density at radius 1 is 1.26 bits per heavy atom. The molecule has 1 heterocycles. The summed E-state index contributed by atoms with van der Waals surface area (Å²) in [5.41, 5.74) is 1.28. The lowest BCUT2D eigenvalue weighted by Gasteiger charge is -2.14. The minimum absolute atomic E-state index is 0.0544. The van der Waals surface area contributed by atoms with Gasteiger partial charge in [-0.05, 0) is 52.4 Å². The maximum atomic E-state index is 13.8. The Balaban J connectivity index is 1.87. The van der Waals surface area contributed by atoms with Crippen LogP contribution >= 0.6 is 22.6 Å². The molecule has 0 aromatic heterocycles. The summed E-state index contributed by atoms with van der Waals surface area (Å²) < 4.78 is 25.6. The highest BCUT2D eigenvalue weighted by Crippen LogP contribution is 2.35. The number of amides is 3. The first-order valence-corrected chi connectivity index (χ1v) is 9.03. The van der Waals surface area contributed by atoms with Gasteiger partial charge in [-0.3, -0.25) is 9.69 Å². The van der Waals surface area contributed by atoms with Crippen molar-refractivity contribution < 1.29 is 23.5 Å². The van der Waals surface area contributed by atoms with E-state index in [4.69, 9.17) is 9.47 Å². The number of rotatable bonds is 5. The third-order valence-corrected chi connectivity index (χ3v) is 4.78. The number of halogens is 2. The van der Waals surface area contributed by atoms with E-state index >= 15 is 0 Å². The maximum absolute atomic E-state index is 13.8. The molecule has 0 radical (unpaired) electrons. The molecule has 0 bridgehead atoms. The van der Waals surface area contributed by atoms with Crippen molar-refractivity contribution in [2.24, 2.45) is 0 Å². The minimum Gasteiger partial charge on any atom is -0.493 e. The van der Waals surface area contributed by atoms with Gasteiger partial charge >= 0.3 is 6.03 Å². The topological polar surface area (TPSA) is 67.9 Å². The van der Waals surface area contributed by atoms with Crippen LogP contribution in [0, 0.1) is 9.39 Å². The number of methoxy groups -OCH3 is 1. The lowest BCUT2D eigenvalue weighted by molar-refractivity contribution is -0.121. The molecule has 1 N–H and O–H groups in total. The van der Waals surface area contributed by atoms with E-state index in [1.807, 2.05) is 0 Å². The van der Waals surface area contributed by atoms with Crippen LogP contribution in [0.5, 0.6) is 11.5 Å². The van der Waals surface area contributed by atoms with Crippen LogP contribution < -0.4 is 14.8 Å². The smallest absolute Gasteiger partial charge is 0.328 e. The number of carbonyl (C=O) groups excluding carboxylic acids is 2. The maximum Gasteiger partial charge on any atom is 0.328 e. The van der Waals surface area contributed by atoms with Gasteiger partial charge < -0.3 is 14.8 Å². The first-order valence-electron chi connectivity index (χ1n) is 7.95. The van der Waals surface area contributed by atoms with Crippen LogP contribution in [0.2, 0.25) is 0 Å². The van der Waals surface area contributed by atoms with Gasteiger partial charge in [0.1, 0.15) is 18.1 Å². The minimum atomic E-state index is -0.474. The number of benzene rings is 2. The highest BCUT2D eigenvalue weighted by atomic mass is 127. The normalized spacial score (nSPS) is 15.3. The Kier molecular flexibility index (Phi) is 5.64. The number of hydrogen-bond acceptors (Lipinski definition) is 4. The number of likely N-dealkylation sites (N-methyl/N-ethyl adjacent to an activating group) is 1. The number of nitrogens with one attached hydrogen (secondary N) is 1. The molecule has 8 heteroatoms. The van der Waals surface area contributed by atoms with E-state index in [0.29, 0.717) is 22.6 Å². The van der Waals surface area contributed by atoms with Gasteiger partial charge in [0.05, 0.1) is 10.7 Å². The molecule has 0 atom stereocenters. The largest absolute Gasteiger partial charge is 0.493 e. The second kappa shape index (κ2) is 7.95. The summed E-state index contributed by atoms with van der Waals surface area (Å²) in [5.74, 6) is 0.166. The molecule has 2 aromatic carbocycles. The highest BCUT2D eigenvalue weighted by Gasteiger charge is 2.30. The van der Waals surface area contributed by atoms with Crippen LogP contribution in [0.4, 0.5) is 9.18 Å². The van der Waals surface area contributed by atoms with Gasteiger partial charge in [0, 0.05) is 12.6 Å². The summed E-state index contributed by atoms with van der Waals surface area (Å²) in [4.78, 5) is 24.6. The van der Waals surface area contributed by atoms with Gasteiger partial charge in [0.25, 0.3) is 5.91 Å². The zero-order chi connectivity index (χ0) is 19.6. The number of imide groups is 1. The van der Waals surface area contributed by atoms with Crippen LogP contribution in [-0.4, -0.2) is 31.0 Å². The molecule has 0 aliphatic carbocycles. The average Bonchev–Trinajstić information content (AvgIpc) is 2.88. The summed E-state index contributed by atoms with van der Waals surface area (Å²) >= 11 is 2.08. The monoisotopic (exact) mass is 482 g/mol. The lowest BCUT2D eigenvalue weighted by atomic mass is 10.1. The first kappa shape index (κ1) is 19.2. The van der Waals surface area contributed by atoms with Crippen LogP contribution in [-0.2, 0) is 11.4 Å². The number of carbonyl (C=O) groups is 2. The number of nitrogens with zero attached hydrogens (tertiary/aromatic N) is 1. The average molecular weight is 482 g/mol. The first-order chi connectivity index (χ1) is 12.9. The Labute approximate surface area is 169 Å². The van der Waals surface area contributed by atoms with E-state index in [2.05, 4.69) is 27.9 Å². The van der Waals surface area contributed by atoms with Crippen molar-refractivity contribution in [2.45, 2.75) is 6.61 Å². The molecule has 1 fully saturated rings. The van der Waals surface area contributed by atoms with E-state index in [1.54, 1.807) is 36.4 Å². The van der Waals surface area contributed by atoms with E-state index in [9.17, 15) is 14.0 Å². The Hall–Kier alpha value is -2.62. The highest BCUT2D eigenvalue weighted by molar-refractivity contribution is 14.1. The fraction of sp³-hybridized carbons (Fsp3) is 0.158. The van der Waals surface area contributed by atoms with E-state index < -0.39 is 11.9 Å². The molecule has 2 aromatic rings. The second-order valence-corrected chi connectivity index (χ2v) is 6.93. The fourth-order valence-electron chi connectivity index (χ4n) is 2.52. The van der Waals surface area contributed by atoms with Gasteiger partial charge in [0.2, 0.25) is 0 Å². The lowest BCUT2D eigenvalue weighted by Crippen LogP contribution is -2.25. The predicted octanol–water partition coefficient (Wildman–Crippen LogP) is 3.54. The number of ether oxygens (including phenoxy) is 2. The van der Waals surface area contributed by atoms with Crippen molar-refractivity contribution in [2.75, 3.05) is 14.2 Å². The van der Waals surface area contributed by atoms with Crippen molar-refractivity contribution in [3.05, 3.63) is 62.6 Å². The number of urea groups is 1. The quantitative estimate of drug-likeness (QED) is 0.403. The van der Waals surface area contributed by atoms with Crippen molar-refractivity contribution in [1.29, 1.82) is 0 Å². The van der Waals surface area contributed by atoms with E-state index in [1.165, 1.54) is 20.2 Å².